The zero-order valence-electron chi connectivity index (χ0n) is 18.2. The lowest BCUT2D eigenvalue weighted by atomic mass is 10.1. The maximum atomic E-state index is 13.8. The lowest BCUT2D eigenvalue weighted by Gasteiger charge is -2.23. The van der Waals surface area contributed by atoms with E-state index in [0.29, 0.717) is 24.4 Å². The van der Waals surface area contributed by atoms with E-state index in [1.54, 1.807) is 20.1 Å². The molecule has 0 saturated heterocycles. The Morgan fingerprint density at radius 2 is 1.94 bits per heavy atom. The number of fused-ring (bicyclic) bond motifs is 1. The van der Waals surface area contributed by atoms with Gasteiger partial charge in [0.15, 0.2) is 5.71 Å². The van der Waals surface area contributed by atoms with Crippen LogP contribution in [0.4, 0.5) is 24.5 Å². The fourth-order valence-corrected chi connectivity index (χ4v) is 3.40. The lowest BCUT2D eigenvalue weighted by Crippen LogP contribution is -2.29. The minimum absolute atomic E-state index is 0.0499. The molecule has 0 fully saturated rings. The number of hydrogen-bond acceptors (Lipinski definition) is 8. The quantitative estimate of drug-likeness (QED) is 0.539. The molecule has 0 aliphatic carbocycles. The molecule has 172 valence electrons. The number of alkyl halides is 3. The van der Waals surface area contributed by atoms with Crippen LogP contribution in [0.5, 0.6) is 0 Å². The predicted octanol–water partition coefficient (Wildman–Crippen LogP) is 3.42. The van der Waals surface area contributed by atoms with Gasteiger partial charge in [0.2, 0.25) is 11.6 Å². The molecule has 0 radical (unpaired) electrons. The summed E-state index contributed by atoms with van der Waals surface area (Å²) in [7, 11) is 1.63. The number of benzene rings is 1. The topological polar surface area (TPSA) is 93.7 Å². The summed E-state index contributed by atoms with van der Waals surface area (Å²) in [5.74, 6) is -0.0596. The molecular weight excluding hydrogens is 437 g/mol. The third kappa shape index (κ3) is 4.46. The van der Waals surface area contributed by atoms with Gasteiger partial charge in [0.05, 0.1) is 18.5 Å². The van der Waals surface area contributed by atoms with E-state index >= 15 is 0 Å². The molecule has 0 unspecified atom stereocenters. The third-order valence-corrected chi connectivity index (χ3v) is 5.06. The molecule has 0 amide bonds. The number of hydrogen-bond donors (Lipinski definition) is 0. The van der Waals surface area contributed by atoms with Crippen molar-refractivity contribution in [3.05, 3.63) is 48.2 Å². The van der Waals surface area contributed by atoms with Gasteiger partial charge in [-0.05, 0) is 37.6 Å². The highest BCUT2D eigenvalue weighted by Crippen LogP contribution is 2.31. The summed E-state index contributed by atoms with van der Waals surface area (Å²) in [6, 6.07) is 5.39. The summed E-state index contributed by atoms with van der Waals surface area (Å²) >= 11 is 0. The lowest BCUT2D eigenvalue weighted by molar-refractivity contribution is -0.0567. The Morgan fingerprint density at radius 3 is 2.58 bits per heavy atom. The van der Waals surface area contributed by atoms with Crippen molar-refractivity contribution in [2.45, 2.75) is 20.0 Å². The summed E-state index contributed by atoms with van der Waals surface area (Å²) in [5.41, 5.74) is 0.735. The number of halogens is 3. The van der Waals surface area contributed by atoms with Crippen molar-refractivity contribution in [1.82, 2.24) is 24.8 Å². The second-order valence-electron chi connectivity index (χ2n) is 7.20. The van der Waals surface area contributed by atoms with Crippen molar-refractivity contribution in [2.75, 3.05) is 31.7 Å². The van der Waals surface area contributed by atoms with E-state index in [4.69, 9.17) is 4.74 Å². The molecular formula is C21H21F3N8O. The first-order chi connectivity index (χ1) is 15.8. The smallest absolute Gasteiger partial charge is 0.383 e. The van der Waals surface area contributed by atoms with Gasteiger partial charge in [0, 0.05) is 38.3 Å². The van der Waals surface area contributed by atoms with Crippen LogP contribution >= 0.6 is 0 Å². The normalized spacial score (nSPS) is 14.5. The van der Waals surface area contributed by atoms with E-state index in [-0.39, 0.29) is 17.3 Å². The van der Waals surface area contributed by atoms with E-state index in [9.17, 15) is 13.2 Å². The first kappa shape index (κ1) is 22.5. The zero-order chi connectivity index (χ0) is 23.6. The Morgan fingerprint density at radius 1 is 1.15 bits per heavy atom. The van der Waals surface area contributed by atoms with Gasteiger partial charge in [-0.2, -0.15) is 22.9 Å². The molecule has 1 aliphatic heterocycles. The Labute approximate surface area is 187 Å². The van der Waals surface area contributed by atoms with Gasteiger partial charge in [-0.1, -0.05) is 0 Å². The van der Waals surface area contributed by atoms with Crippen molar-refractivity contribution in [3.8, 4) is 11.5 Å². The number of rotatable bonds is 7. The fraction of sp³-hybridized carbons (Fsp3) is 0.333. The van der Waals surface area contributed by atoms with E-state index in [2.05, 4.69) is 35.2 Å². The number of aromatic nitrogens is 5. The van der Waals surface area contributed by atoms with Crippen molar-refractivity contribution >= 4 is 22.8 Å². The average molecular weight is 458 g/mol. The summed E-state index contributed by atoms with van der Waals surface area (Å²) in [6.45, 7) is 5.83. The average Bonchev–Trinajstić information content (AvgIpc) is 3.36. The first-order valence-corrected chi connectivity index (χ1v) is 10.2. The molecule has 12 heteroatoms. The van der Waals surface area contributed by atoms with Crippen LogP contribution in [-0.2, 0) is 4.74 Å². The molecule has 1 aliphatic rings. The Hall–Kier alpha value is -3.67. The minimum atomic E-state index is -4.73. The molecule has 4 rings (SSSR count). The highest BCUT2D eigenvalue weighted by molar-refractivity contribution is 6.51. The number of anilines is 1. The highest BCUT2D eigenvalue weighted by atomic mass is 19.4. The van der Waals surface area contributed by atoms with Gasteiger partial charge in [-0.15, -0.1) is 10.2 Å². The van der Waals surface area contributed by atoms with Crippen LogP contribution in [0.3, 0.4) is 0 Å². The van der Waals surface area contributed by atoms with Crippen molar-refractivity contribution in [1.29, 1.82) is 0 Å². The summed E-state index contributed by atoms with van der Waals surface area (Å²) < 4.78 is 47.6. The second-order valence-corrected chi connectivity index (χ2v) is 7.20. The number of nitrogens with zero attached hydrogens (tertiary/aromatic N) is 8. The van der Waals surface area contributed by atoms with Crippen molar-refractivity contribution in [3.63, 3.8) is 0 Å². The van der Waals surface area contributed by atoms with E-state index in [1.807, 2.05) is 19.1 Å². The van der Waals surface area contributed by atoms with Crippen molar-refractivity contribution < 1.29 is 17.9 Å². The van der Waals surface area contributed by atoms with Crippen LogP contribution in [0.15, 0.2) is 46.9 Å². The predicted molar refractivity (Wildman–Crippen MR) is 117 cm³/mol. The minimum Gasteiger partial charge on any atom is -0.383 e. The Kier molecular flexibility index (Phi) is 6.18. The van der Waals surface area contributed by atoms with E-state index < -0.39 is 17.6 Å². The van der Waals surface area contributed by atoms with Crippen LogP contribution < -0.4 is 4.90 Å². The van der Waals surface area contributed by atoms with Crippen LogP contribution in [0.25, 0.3) is 11.5 Å². The number of aliphatic imine (C=N–C) groups is 1. The molecule has 1 aromatic carbocycles. The van der Waals surface area contributed by atoms with Crippen LogP contribution in [0.1, 0.15) is 18.3 Å². The third-order valence-electron chi connectivity index (χ3n) is 5.06. The summed E-state index contributed by atoms with van der Waals surface area (Å²) in [5, 5.41) is 11.6. The van der Waals surface area contributed by atoms with E-state index in [1.165, 1.54) is 18.6 Å². The molecule has 0 bridgehead atoms. The standard InChI is InChI=1S/C21H21F3N8O/c1-4-31(9-10-33-3)14-5-6-15(13(2)11-14)27-17-18(21(22,23)24)30-32-19(28-29-20(17)32)16-12-25-7-8-26-16/h5-8,11-12H,4,9-10H2,1-3H3. The van der Waals surface area contributed by atoms with Gasteiger partial charge in [0.1, 0.15) is 11.4 Å². The second kappa shape index (κ2) is 9.06. The number of likely N-dealkylation sites (N-methyl/N-ethyl adjacent to an activating group) is 1. The number of methoxy groups -OCH3 is 1. The molecule has 9 nitrogen and oxygen atoms in total. The van der Waals surface area contributed by atoms with Gasteiger partial charge >= 0.3 is 6.18 Å². The van der Waals surface area contributed by atoms with Crippen molar-refractivity contribution in [2.24, 2.45) is 10.1 Å². The van der Waals surface area contributed by atoms with Crippen LogP contribution in [-0.4, -0.2) is 69.2 Å². The van der Waals surface area contributed by atoms with Gasteiger partial charge in [-0.3, -0.25) is 4.98 Å². The number of aryl methyl sites for hydroxylation is 1. The zero-order valence-corrected chi connectivity index (χ0v) is 18.2. The number of ether oxygens (including phenoxy) is 1. The Balaban J connectivity index is 1.75. The Bertz CT molecular complexity index is 1200. The van der Waals surface area contributed by atoms with Gasteiger partial charge < -0.3 is 9.64 Å². The molecule has 3 heterocycles. The van der Waals surface area contributed by atoms with Gasteiger partial charge in [-0.25, -0.2) is 9.98 Å². The molecule has 0 atom stereocenters. The van der Waals surface area contributed by atoms with E-state index in [0.717, 1.165) is 16.9 Å². The molecule has 3 aromatic rings. The summed E-state index contributed by atoms with van der Waals surface area (Å²) in [4.78, 5) is 14.4. The van der Waals surface area contributed by atoms with Crippen LogP contribution in [0.2, 0.25) is 0 Å². The molecule has 0 saturated carbocycles. The van der Waals surface area contributed by atoms with Gasteiger partial charge in [0.25, 0.3) is 0 Å². The highest BCUT2D eigenvalue weighted by Gasteiger charge is 2.46. The maximum absolute atomic E-state index is 13.8. The van der Waals surface area contributed by atoms with Crippen LogP contribution in [0, 0.1) is 6.92 Å². The molecule has 0 N–H and O–H groups in total. The SMILES string of the molecule is CCN(CCOC)c1ccc(N=C2C(C(F)(F)F)=Nn3c2nnc3-c2cnccn2)c(C)c1. The largest absolute Gasteiger partial charge is 0.437 e. The molecule has 0 spiro atoms. The fourth-order valence-electron chi connectivity index (χ4n) is 3.40. The maximum Gasteiger partial charge on any atom is 0.437 e. The molecule has 33 heavy (non-hydrogen) atoms. The first-order valence-electron chi connectivity index (χ1n) is 10.2. The molecule has 2 aromatic heterocycles. The summed E-state index contributed by atoms with van der Waals surface area (Å²) in [6.07, 6.45) is -0.497. The monoisotopic (exact) mass is 458 g/mol.